The third kappa shape index (κ3) is 3.65. The number of hydrogen-bond donors (Lipinski definition) is 1. The number of carbonyl (C=O) groups excluding carboxylic acids is 1. The highest BCUT2D eigenvalue weighted by atomic mass is 79.9. The van der Waals surface area contributed by atoms with Gasteiger partial charge >= 0.3 is 0 Å². The zero-order valence-corrected chi connectivity index (χ0v) is 13.8. The molecule has 2 heterocycles. The summed E-state index contributed by atoms with van der Waals surface area (Å²) < 4.78 is 0.801. The van der Waals surface area contributed by atoms with E-state index in [1.807, 2.05) is 0 Å². The summed E-state index contributed by atoms with van der Waals surface area (Å²) in [6.45, 7) is 2.81. The topological polar surface area (TPSA) is 45.2 Å². The van der Waals surface area contributed by atoms with Crippen LogP contribution in [0.4, 0.5) is 5.69 Å². The van der Waals surface area contributed by atoms with Crippen molar-refractivity contribution in [3.8, 4) is 0 Å². The van der Waals surface area contributed by atoms with E-state index in [-0.39, 0.29) is 5.91 Å². The second kappa shape index (κ2) is 6.92. The molecule has 1 fully saturated rings. The van der Waals surface area contributed by atoms with Gasteiger partial charge in [0.1, 0.15) is 0 Å². The summed E-state index contributed by atoms with van der Waals surface area (Å²) in [6.07, 6.45) is 5.78. The highest BCUT2D eigenvalue weighted by Gasteiger charge is 2.12. The van der Waals surface area contributed by atoms with Gasteiger partial charge in [0.2, 0.25) is 0 Å². The zero-order chi connectivity index (χ0) is 15.4. The van der Waals surface area contributed by atoms with Crippen molar-refractivity contribution in [1.29, 1.82) is 0 Å². The summed E-state index contributed by atoms with van der Waals surface area (Å²) in [5, 5.41) is 2.92. The van der Waals surface area contributed by atoms with Crippen molar-refractivity contribution in [3.63, 3.8) is 0 Å². The van der Waals surface area contributed by atoms with Crippen LogP contribution < -0.4 is 10.2 Å². The number of pyridine rings is 1. The maximum atomic E-state index is 12.1. The van der Waals surface area contributed by atoms with Gasteiger partial charge < -0.3 is 10.2 Å². The van der Waals surface area contributed by atoms with Gasteiger partial charge in [-0.15, -0.1) is 0 Å². The first kappa shape index (κ1) is 15.0. The summed E-state index contributed by atoms with van der Waals surface area (Å²) in [5.74, 6) is -0.114. The van der Waals surface area contributed by atoms with Crippen molar-refractivity contribution in [2.75, 3.05) is 18.0 Å². The van der Waals surface area contributed by atoms with Gasteiger partial charge in [0.25, 0.3) is 5.91 Å². The van der Waals surface area contributed by atoms with Crippen molar-refractivity contribution in [2.45, 2.75) is 19.4 Å². The van der Waals surface area contributed by atoms with Gasteiger partial charge in [-0.05, 0) is 52.5 Å². The number of hydrogen-bond acceptors (Lipinski definition) is 3. The van der Waals surface area contributed by atoms with E-state index in [4.69, 9.17) is 0 Å². The molecule has 1 N–H and O–H groups in total. The SMILES string of the molecule is O=C(NCc1ccc(N2CCCC2)cc1)c1cncc(Br)c1. The summed E-state index contributed by atoms with van der Waals surface area (Å²) in [4.78, 5) is 18.5. The molecule has 1 aliphatic rings. The summed E-state index contributed by atoms with van der Waals surface area (Å²) in [7, 11) is 0. The maximum absolute atomic E-state index is 12.1. The Kier molecular flexibility index (Phi) is 4.73. The number of nitrogens with one attached hydrogen (secondary N) is 1. The quantitative estimate of drug-likeness (QED) is 0.909. The van der Waals surface area contributed by atoms with E-state index in [2.05, 4.69) is 55.4 Å². The van der Waals surface area contributed by atoms with E-state index < -0.39 is 0 Å². The maximum Gasteiger partial charge on any atom is 0.253 e. The van der Waals surface area contributed by atoms with Crippen molar-refractivity contribution < 1.29 is 4.79 Å². The molecule has 0 aliphatic carbocycles. The van der Waals surface area contributed by atoms with E-state index in [0.29, 0.717) is 12.1 Å². The van der Waals surface area contributed by atoms with Crippen molar-refractivity contribution in [3.05, 3.63) is 58.3 Å². The molecule has 0 saturated carbocycles. The molecule has 1 amide bonds. The van der Waals surface area contributed by atoms with Gasteiger partial charge in [0.05, 0.1) is 5.56 Å². The van der Waals surface area contributed by atoms with Crippen LogP contribution in [0.15, 0.2) is 47.2 Å². The highest BCUT2D eigenvalue weighted by molar-refractivity contribution is 9.10. The Hall–Kier alpha value is -1.88. The standard InChI is InChI=1S/C17H18BrN3O/c18-15-9-14(11-19-12-15)17(22)20-10-13-3-5-16(6-4-13)21-7-1-2-8-21/h3-6,9,11-12H,1-2,7-8,10H2,(H,20,22). The minimum Gasteiger partial charge on any atom is -0.372 e. The molecule has 2 aromatic rings. The fourth-order valence-corrected chi connectivity index (χ4v) is 2.99. The van der Waals surface area contributed by atoms with Crippen molar-refractivity contribution in [2.24, 2.45) is 0 Å². The Labute approximate surface area is 138 Å². The third-order valence-corrected chi connectivity index (χ3v) is 4.26. The molecule has 0 unspecified atom stereocenters. The predicted molar refractivity (Wildman–Crippen MR) is 91.0 cm³/mol. The zero-order valence-electron chi connectivity index (χ0n) is 12.3. The number of carbonyl (C=O) groups is 1. The molecule has 0 radical (unpaired) electrons. The predicted octanol–water partition coefficient (Wildman–Crippen LogP) is 3.37. The second-order valence-corrected chi connectivity index (χ2v) is 6.35. The lowest BCUT2D eigenvalue weighted by atomic mass is 10.2. The van der Waals surface area contributed by atoms with Crippen LogP contribution in [0.2, 0.25) is 0 Å². The second-order valence-electron chi connectivity index (χ2n) is 5.44. The van der Waals surface area contributed by atoms with Crippen LogP contribution in [0.25, 0.3) is 0 Å². The van der Waals surface area contributed by atoms with Crippen molar-refractivity contribution in [1.82, 2.24) is 10.3 Å². The molecule has 4 nitrogen and oxygen atoms in total. The Morgan fingerprint density at radius 3 is 2.59 bits per heavy atom. The van der Waals surface area contributed by atoms with Crippen LogP contribution in [0.3, 0.4) is 0 Å². The van der Waals surface area contributed by atoms with E-state index in [1.54, 1.807) is 18.5 Å². The number of anilines is 1. The van der Waals surface area contributed by atoms with Crippen LogP contribution in [-0.2, 0) is 6.54 Å². The van der Waals surface area contributed by atoms with Crippen LogP contribution >= 0.6 is 15.9 Å². The Bertz CT molecular complexity index is 651. The van der Waals surface area contributed by atoms with Crippen molar-refractivity contribution >= 4 is 27.5 Å². The number of benzene rings is 1. The molecule has 1 aromatic carbocycles. The normalized spacial score (nSPS) is 14.1. The third-order valence-electron chi connectivity index (χ3n) is 3.83. The average molecular weight is 360 g/mol. The van der Waals surface area contributed by atoms with Gasteiger partial charge in [-0.3, -0.25) is 9.78 Å². The smallest absolute Gasteiger partial charge is 0.253 e. The van der Waals surface area contributed by atoms with Crippen LogP contribution in [0.5, 0.6) is 0 Å². The number of amides is 1. The van der Waals surface area contributed by atoms with Crippen LogP contribution in [-0.4, -0.2) is 24.0 Å². The summed E-state index contributed by atoms with van der Waals surface area (Å²) >= 11 is 3.32. The molecular formula is C17H18BrN3O. The van der Waals surface area contributed by atoms with Gasteiger partial charge in [0, 0.05) is 42.2 Å². The minimum absolute atomic E-state index is 0.114. The molecular weight excluding hydrogens is 342 g/mol. The molecule has 1 aromatic heterocycles. The summed E-state index contributed by atoms with van der Waals surface area (Å²) in [6, 6.07) is 10.2. The van der Waals surface area contributed by atoms with E-state index >= 15 is 0 Å². The fourth-order valence-electron chi connectivity index (χ4n) is 2.62. The minimum atomic E-state index is -0.114. The number of aromatic nitrogens is 1. The highest BCUT2D eigenvalue weighted by Crippen LogP contribution is 2.20. The first-order valence-electron chi connectivity index (χ1n) is 7.45. The fraction of sp³-hybridized carbons (Fsp3) is 0.294. The Balaban J connectivity index is 1.58. The molecule has 1 aliphatic heterocycles. The monoisotopic (exact) mass is 359 g/mol. The Morgan fingerprint density at radius 1 is 1.18 bits per heavy atom. The molecule has 5 heteroatoms. The molecule has 22 heavy (non-hydrogen) atoms. The van der Waals surface area contributed by atoms with Crippen LogP contribution in [0.1, 0.15) is 28.8 Å². The molecule has 0 spiro atoms. The molecule has 0 atom stereocenters. The summed E-state index contributed by atoms with van der Waals surface area (Å²) in [5.41, 5.74) is 2.92. The van der Waals surface area contributed by atoms with E-state index in [0.717, 1.165) is 23.1 Å². The lowest BCUT2D eigenvalue weighted by molar-refractivity contribution is 0.0950. The van der Waals surface area contributed by atoms with Crippen LogP contribution in [0, 0.1) is 0 Å². The molecule has 114 valence electrons. The number of halogens is 1. The lowest BCUT2D eigenvalue weighted by Gasteiger charge is -2.17. The average Bonchev–Trinajstić information content (AvgIpc) is 3.07. The van der Waals surface area contributed by atoms with Gasteiger partial charge in [-0.1, -0.05) is 12.1 Å². The molecule has 0 bridgehead atoms. The lowest BCUT2D eigenvalue weighted by Crippen LogP contribution is -2.23. The number of rotatable bonds is 4. The molecule has 3 rings (SSSR count). The van der Waals surface area contributed by atoms with Gasteiger partial charge in [-0.25, -0.2) is 0 Å². The first-order valence-corrected chi connectivity index (χ1v) is 8.24. The number of nitrogens with zero attached hydrogens (tertiary/aromatic N) is 2. The van der Waals surface area contributed by atoms with E-state index in [9.17, 15) is 4.79 Å². The first-order chi connectivity index (χ1) is 10.7. The van der Waals surface area contributed by atoms with E-state index in [1.165, 1.54) is 18.5 Å². The van der Waals surface area contributed by atoms with Gasteiger partial charge in [0.15, 0.2) is 0 Å². The largest absolute Gasteiger partial charge is 0.372 e. The Morgan fingerprint density at radius 2 is 1.91 bits per heavy atom. The molecule has 1 saturated heterocycles. The van der Waals surface area contributed by atoms with Gasteiger partial charge in [-0.2, -0.15) is 0 Å².